The van der Waals surface area contributed by atoms with Gasteiger partial charge in [0.25, 0.3) is 5.91 Å². The van der Waals surface area contributed by atoms with E-state index in [2.05, 4.69) is 15.3 Å². The van der Waals surface area contributed by atoms with Crippen molar-refractivity contribution in [2.45, 2.75) is 38.6 Å². The van der Waals surface area contributed by atoms with Crippen LogP contribution in [0.1, 0.15) is 53.6 Å². The Balaban J connectivity index is 1.61. The van der Waals surface area contributed by atoms with Gasteiger partial charge in [-0.2, -0.15) is 0 Å². The number of carbonyl (C=O) groups is 2. The number of hydrogen-bond donors (Lipinski definition) is 2. The lowest BCUT2D eigenvalue weighted by atomic mass is 9.84. The van der Waals surface area contributed by atoms with E-state index >= 15 is 0 Å². The molecule has 2 bridgehead atoms. The second-order valence-electron chi connectivity index (χ2n) is 6.19. The average Bonchev–Trinajstić information content (AvgIpc) is 3.10. The molecule has 3 rings (SSSR count). The second kappa shape index (κ2) is 5.42. The average molecular weight is 289 g/mol. The standard InChI is InChI=1S/C15H19N3O3/c1-8(11-5-9-2-3-10(11)4-9)18-14(19)12-6-17-13(7-16-12)15(20)21/h6-11H,2-5H2,1H3,(H,18,19)(H,20,21). The van der Waals surface area contributed by atoms with Gasteiger partial charge < -0.3 is 10.4 Å². The van der Waals surface area contributed by atoms with Gasteiger partial charge in [0.05, 0.1) is 12.4 Å². The van der Waals surface area contributed by atoms with E-state index in [1.165, 1.54) is 31.9 Å². The molecule has 1 aromatic heterocycles. The number of carboxylic acid groups (broad SMARTS) is 1. The molecule has 0 radical (unpaired) electrons. The Hall–Kier alpha value is -1.98. The van der Waals surface area contributed by atoms with Gasteiger partial charge in [-0.25, -0.2) is 14.8 Å². The third kappa shape index (κ3) is 2.75. The molecule has 2 aliphatic carbocycles. The van der Waals surface area contributed by atoms with Crippen LogP contribution in [-0.4, -0.2) is 33.0 Å². The molecule has 2 saturated carbocycles. The minimum Gasteiger partial charge on any atom is -0.476 e. The Morgan fingerprint density at radius 3 is 2.48 bits per heavy atom. The molecule has 0 spiro atoms. The highest BCUT2D eigenvalue weighted by Crippen LogP contribution is 2.49. The maximum atomic E-state index is 12.1. The van der Waals surface area contributed by atoms with Crippen LogP contribution in [0.3, 0.4) is 0 Å². The molecule has 0 aliphatic heterocycles. The monoisotopic (exact) mass is 289 g/mol. The zero-order valence-corrected chi connectivity index (χ0v) is 12.0. The maximum absolute atomic E-state index is 12.1. The fourth-order valence-electron chi connectivity index (χ4n) is 3.85. The molecule has 1 aromatic rings. The molecule has 2 aliphatic rings. The summed E-state index contributed by atoms with van der Waals surface area (Å²) >= 11 is 0. The molecule has 4 atom stereocenters. The largest absolute Gasteiger partial charge is 0.476 e. The molecular weight excluding hydrogens is 270 g/mol. The highest BCUT2D eigenvalue weighted by molar-refractivity contribution is 5.92. The summed E-state index contributed by atoms with van der Waals surface area (Å²) in [5.41, 5.74) is 0.00251. The molecule has 2 N–H and O–H groups in total. The predicted molar refractivity (Wildman–Crippen MR) is 74.9 cm³/mol. The van der Waals surface area contributed by atoms with Crippen molar-refractivity contribution in [3.63, 3.8) is 0 Å². The second-order valence-corrected chi connectivity index (χ2v) is 6.19. The summed E-state index contributed by atoms with van der Waals surface area (Å²) < 4.78 is 0. The summed E-state index contributed by atoms with van der Waals surface area (Å²) in [6, 6.07) is 0.119. The Morgan fingerprint density at radius 2 is 1.95 bits per heavy atom. The summed E-state index contributed by atoms with van der Waals surface area (Å²) in [5, 5.41) is 11.7. The third-order valence-electron chi connectivity index (χ3n) is 4.90. The predicted octanol–water partition coefficient (Wildman–Crippen LogP) is 1.73. The number of rotatable bonds is 4. The Morgan fingerprint density at radius 1 is 1.24 bits per heavy atom. The quantitative estimate of drug-likeness (QED) is 0.880. The number of carbonyl (C=O) groups excluding carboxylic acids is 1. The SMILES string of the molecule is CC(NC(=O)c1cnc(C(=O)O)cn1)C1CC2CCC1C2. The summed E-state index contributed by atoms with van der Waals surface area (Å²) in [6.07, 6.45) is 7.45. The van der Waals surface area contributed by atoms with E-state index in [0.717, 1.165) is 18.0 Å². The van der Waals surface area contributed by atoms with Crippen LogP contribution in [0.4, 0.5) is 0 Å². The number of aromatic nitrogens is 2. The first-order valence-corrected chi connectivity index (χ1v) is 7.40. The summed E-state index contributed by atoms with van der Waals surface area (Å²) in [6.45, 7) is 2.04. The molecule has 0 aromatic carbocycles. The molecule has 21 heavy (non-hydrogen) atoms. The molecular formula is C15H19N3O3. The molecule has 1 amide bonds. The van der Waals surface area contributed by atoms with E-state index in [4.69, 9.17) is 5.11 Å². The van der Waals surface area contributed by atoms with Crippen LogP contribution in [0.5, 0.6) is 0 Å². The highest BCUT2D eigenvalue weighted by atomic mass is 16.4. The smallest absolute Gasteiger partial charge is 0.356 e. The molecule has 2 fully saturated rings. The lowest BCUT2D eigenvalue weighted by molar-refractivity contribution is 0.0688. The van der Waals surface area contributed by atoms with E-state index in [9.17, 15) is 9.59 Å². The Kier molecular flexibility index (Phi) is 3.61. The van der Waals surface area contributed by atoms with E-state index in [-0.39, 0.29) is 23.3 Å². The number of nitrogens with one attached hydrogen (secondary N) is 1. The van der Waals surface area contributed by atoms with Crippen LogP contribution >= 0.6 is 0 Å². The van der Waals surface area contributed by atoms with E-state index < -0.39 is 5.97 Å². The Labute approximate surface area is 123 Å². The molecule has 112 valence electrons. The summed E-state index contributed by atoms with van der Waals surface area (Å²) in [5.74, 6) is 0.707. The fourth-order valence-corrected chi connectivity index (χ4v) is 3.85. The van der Waals surface area contributed by atoms with Gasteiger partial charge in [0, 0.05) is 6.04 Å². The minimum absolute atomic E-state index is 0.119. The van der Waals surface area contributed by atoms with Crippen LogP contribution in [0.15, 0.2) is 12.4 Å². The summed E-state index contributed by atoms with van der Waals surface area (Å²) in [7, 11) is 0. The first kappa shape index (κ1) is 14.0. The van der Waals surface area contributed by atoms with Crippen molar-refractivity contribution in [2.24, 2.45) is 17.8 Å². The lowest BCUT2D eigenvalue weighted by Gasteiger charge is -2.28. The topological polar surface area (TPSA) is 92.2 Å². The van der Waals surface area contributed by atoms with Crippen molar-refractivity contribution >= 4 is 11.9 Å². The van der Waals surface area contributed by atoms with Crippen molar-refractivity contribution in [3.8, 4) is 0 Å². The van der Waals surface area contributed by atoms with Gasteiger partial charge in [-0.3, -0.25) is 4.79 Å². The van der Waals surface area contributed by atoms with Gasteiger partial charge in [0.2, 0.25) is 0 Å². The highest BCUT2D eigenvalue weighted by Gasteiger charge is 2.42. The third-order valence-corrected chi connectivity index (χ3v) is 4.90. The lowest BCUT2D eigenvalue weighted by Crippen LogP contribution is -2.40. The molecule has 0 saturated heterocycles. The first-order valence-electron chi connectivity index (χ1n) is 7.40. The van der Waals surface area contributed by atoms with E-state index in [1.807, 2.05) is 6.92 Å². The maximum Gasteiger partial charge on any atom is 0.356 e. The van der Waals surface area contributed by atoms with Crippen LogP contribution < -0.4 is 5.32 Å². The van der Waals surface area contributed by atoms with Crippen LogP contribution in [-0.2, 0) is 0 Å². The van der Waals surface area contributed by atoms with E-state index in [1.54, 1.807) is 0 Å². The molecule has 6 nitrogen and oxygen atoms in total. The number of hydrogen-bond acceptors (Lipinski definition) is 4. The van der Waals surface area contributed by atoms with Crippen molar-refractivity contribution < 1.29 is 14.7 Å². The normalized spacial score (nSPS) is 28.3. The number of aromatic carboxylic acids is 1. The van der Waals surface area contributed by atoms with E-state index in [0.29, 0.717) is 5.92 Å². The fraction of sp³-hybridized carbons (Fsp3) is 0.600. The number of carboxylic acids is 1. The zero-order chi connectivity index (χ0) is 15.0. The number of nitrogens with zero attached hydrogens (tertiary/aromatic N) is 2. The van der Waals surface area contributed by atoms with Crippen LogP contribution in [0.2, 0.25) is 0 Å². The Bertz CT molecular complexity index is 558. The number of amides is 1. The number of fused-ring (bicyclic) bond motifs is 2. The van der Waals surface area contributed by atoms with Crippen molar-refractivity contribution in [3.05, 3.63) is 23.8 Å². The van der Waals surface area contributed by atoms with Crippen LogP contribution in [0, 0.1) is 17.8 Å². The van der Waals surface area contributed by atoms with Crippen molar-refractivity contribution in [1.82, 2.24) is 15.3 Å². The van der Waals surface area contributed by atoms with Gasteiger partial charge in [0.15, 0.2) is 5.69 Å². The van der Waals surface area contributed by atoms with Gasteiger partial charge in [0.1, 0.15) is 5.69 Å². The van der Waals surface area contributed by atoms with Gasteiger partial charge in [-0.1, -0.05) is 6.42 Å². The first-order chi connectivity index (χ1) is 10.0. The zero-order valence-electron chi connectivity index (χ0n) is 12.0. The summed E-state index contributed by atoms with van der Waals surface area (Å²) in [4.78, 5) is 30.4. The van der Waals surface area contributed by atoms with Crippen molar-refractivity contribution in [2.75, 3.05) is 0 Å². The van der Waals surface area contributed by atoms with Gasteiger partial charge >= 0.3 is 5.97 Å². The minimum atomic E-state index is -1.15. The molecule has 4 unspecified atom stereocenters. The molecule has 1 heterocycles. The molecule has 6 heteroatoms. The van der Waals surface area contributed by atoms with Gasteiger partial charge in [-0.15, -0.1) is 0 Å². The van der Waals surface area contributed by atoms with Crippen LogP contribution in [0.25, 0.3) is 0 Å². The van der Waals surface area contributed by atoms with Gasteiger partial charge in [-0.05, 0) is 43.9 Å². The van der Waals surface area contributed by atoms with Crippen molar-refractivity contribution in [1.29, 1.82) is 0 Å².